The largest absolute Gasteiger partial charge is 0.497 e. The van der Waals surface area contributed by atoms with E-state index in [1.807, 2.05) is 18.2 Å². The van der Waals surface area contributed by atoms with Gasteiger partial charge in [0.15, 0.2) is 5.82 Å². The number of aromatic nitrogens is 4. The molecule has 1 saturated carbocycles. The fourth-order valence-corrected chi connectivity index (χ4v) is 2.74. The molecule has 8 nitrogen and oxygen atoms in total. The van der Waals surface area contributed by atoms with E-state index < -0.39 is 5.41 Å². The first kappa shape index (κ1) is 16.2. The molecule has 1 aliphatic carbocycles. The zero-order chi connectivity index (χ0) is 17.2. The first-order valence-corrected chi connectivity index (χ1v) is 7.66. The second kappa shape index (κ2) is 6.46. The third-order valence-corrected chi connectivity index (χ3v) is 4.39. The summed E-state index contributed by atoms with van der Waals surface area (Å²) in [5.74, 6) is 1.88. The zero-order valence-electron chi connectivity index (χ0n) is 14.0. The van der Waals surface area contributed by atoms with Crippen molar-refractivity contribution < 1.29 is 19.0 Å². The van der Waals surface area contributed by atoms with Gasteiger partial charge in [-0.1, -0.05) is 0 Å². The summed E-state index contributed by atoms with van der Waals surface area (Å²) in [4.78, 5) is 11.9. The van der Waals surface area contributed by atoms with Crippen molar-refractivity contribution in [3.05, 3.63) is 29.6 Å². The Morgan fingerprint density at radius 1 is 1.25 bits per heavy atom. The third kappa shape index (κ3) is 3.04. The van der Waals surface area contributed by atoms with Gasteiger partial charge in [0.05, 0.1) is 33.3 Å². The van der Waals surface area contributed by atoms with E-state index in [0.29, 0.717) is 24.5 Å². The molecule has 0 unspecified atom stereocenters. The Hall–Kier alpha value is -2.64. The molecule has 1 heterocycles. The highest BCUT2D eigenvalue weighted by molar-refractivity contribution is 5.79. The Morgan fingerprint density at radius 2 is 2.04 bits per heavy atom. The van der Waals surface area contributed by atoms with Crippen LogP contribution in [0.2, 0.25) is 0 Å². The minimum Gasteiger partial charge on any atom is -0.497 e. The average Bonchev–Trinajstić information content (AvgIpc) is 3.28. The van der Waals surface area contributed by atoms with Crippen LogP contribution in [0.15, 0.2) is 18.2 Å². The summed E-state index contributed by atoms with van der Waals surface area (Å²) in [6.07, 6.45) is 2.09. The fourth-order valence-electron chi connectivity index (χ4n) is 2.74. The summed E-state index contributed by atoms with van der Waals surface area (Å²) >= 11 is 0. The Labute approximate surface area is 139 Å². The van der Waals surface area contributed by atoms with Crippen LogP contribution in [0.3, 0.4) is 0 Å². The van der Waals surface area contributed by atoms with Gasteiger partial charge >= 0.3 is 5.97 Å². The molecule has 0 radical (unpaired) electrons. The van der Waals surface area contributed by atoms with Crippen molar-refractivity contribution in [2.24, 2.45) is 5.41 Å². The summed E-state index contributed by atoms with van der Waals surface area (Å²) in [6, 6.07) is 5.59. The van der Waals surface area contributed by atoms with Gasteiger partial charge in [-0.15, -0.1) is 5.10 Å². The number of esters is 1. The van der Waals surface area contributed by atoms with Crippen LogP contribution in [-0.2, 0) is 22.5 Å². The molecule has 1 aromatic heterocycles. The van der Waals surface area contributed by atoms with Crippen LogP contribution >= 0.6 is 0 Å². The van der Waals surface area contributed by atoms with Crippen molar-refractivity contribution >= 4 is 5.97 Å². The maximum atomic E-state index is 11.9. The van der Waals surface area contributed by atoms with Crippen LogP contribution < -0.4 is 9.47 Å². The molecule has 0 saturated heterocycles. The second-order valence-electron chi connectivity index (χ2n) is 5.88. The van der Waals surface area contributed by atoms with Gasteiger partial charge in [0, 0.05) is 18.1 Å². The summed E-state index contributed by atoms with van der Waals surface area (Å²) in [5, 5.41) is 11.9. The molecule has 0 N–H and O–H groups in total. The van der Waals surface area contributed by atoms with Gasteiger partial charge in [0.25, 0.3) is 0 Å². The first-order chi connectivity index (χ1) is 11.6. The Morgan fingerprint density at radius 3 is 2.67 bits per heavy atom. The summed E-state index contributed by atoms with van der Waals surface area (Å²) in [7, 11) is 4.62. The second-order valence-corrected chi connectivity index (χ2v) is 5.88. The van der Waals surface area contributed by atoms with Crippen LogP contribution in [0.4, 0.5) is 0 Å². The molecule has 24 heavy (non-hydrogen) atoms. The number of hydrogen-bond donors (Lipinski definition) is 0. The highest BCUT2D eigenvalue weighted by Gasteiger charge is 2.52. The molecule has 3 rings (SSSR count). The Balaban J connectivity index is 1.80. The number of methoxy groups -OCH3 is 3. The SMILES string of the molecule is COC(=O)C1(Cc2nnnn2Cc2ccc(OC)cc2OC)CC1. The quantitative estimate of drug-likeness (QED) is 0.705. The molecular weight excluding hydrogens is 312 g/mol. The number of carbonyl (C=O) groups excluding carboxylic acids is 1. The molecular formula is C16H20N4O4. The number of ether oxygens (including phenoxy) is 3. The minimum absolute atomic E-state index is 0.195. The van der Waals surface area contributed by atoms with E-state index in [9.17, 15) is 4.79 Å². The number of tetrazole rings is 1. The van der Waals surface area contributed by atoms with Crippen LogP contribution in [-0.4, -0.2) is 47.5 Å². The van der Waals surface area contributed by atoms with E-state index >= 15 is 0 Å². The van der Waals surface area contributed by atoms with E-state index in [2.05, 4.69) is 15.5 Å². The van der Waals surface area contributed by atoms with Gasteiger partial charge in [-0.2, -0.15) is 0 Å². The number of nitrogens with zero attached hydrogens (tertiary/aromatic N) is 4. The van der Waals surface area contributed by atoms with Crippen molar-refractivity contribution in [1.82, 2.24) is 20.2 Å². The van der Waals surface area contributed by atoms with Gasteiger partial charge < -0.3 is 14.2 Å². The number of hydrogen-bond acceptors (Lipinski definition) is 7. The summed E-state index contributed by atoms with van der Waals surface area (Å²) < 4.78 is 17.2. The lowest BCUT2D eigenvalue weighted by Crippen LogP contribution is -2.22. The van der Waals surface area contributed by atoms with Gasteiger partial charge in [-0.05, 0) is 35.4 Å². The van der Waals surface area contributed by atoms with Crippen molar-refractivity contribution in [3.8, 4) is 11.5 Å². The van der Waals surface area contributed by atoms with Crippen molar-refractivity contribution in [1.29, 1.82) is 0 Å². The lowest BCUT2D eigenvalue weighted by Gasteiger charge is -2.13. The molecule has 1 aromatic carbocycles. The van der Waals surface area contributed by atoms with Gasteiger partial charge in [-0.25, -0.2) is 4.68 Å². The van der Waals surface area contributed by atoms with Crippen LogP contribution in [0.25, 0.3) is 0 Å². The average molecular weight is 332 g/mol. The van der Waals surface area contributed by atoms with E-state index in [1.165, 1.54) is 7.11 Å². The lowest BCUT2D eigenvalue weighted by atomic mass is 10.0. The molecule has 0 bridgehead atoms. The van der Waals surface area contributed by atoms with Crippen molar-refractivity contribution in [3.63, 3.8) is 0 Å². The van der Waals surface area contributed by atoms with Gasteiger partial charge in [-0.3, -0.25) is 4.79 Å². The highest BCUT2D eigenvalue weighted by Crippen LogP contribution is 2.49. The molecule has 2 aromatic rings. The molecule has 0 spiro atoms. The van der Waals surface area contributed by atoms with Crippen molar-refractivity contribution in [2.75, 3.05) is 21.3 Å². The number of benzene rings is 1. The summed E-state index contributed by atoms with van der Waals surface area (Å²) in [6.45, 7) is 0.451. The van der Waals surface area contributed by atoms with E-state index in [-0.39, 0.29) is 5.97 Å². The molecule has 1 fully saturated rings. The normalized spacial score (nSPS) is 15.0. The molecule has 0 aliphatic heterocycles. The van der Waals surface area contributed by atoms with Crippen molar-refractivity contribution in [2.45, 2.75) is 25.8 Å². The highest BCUT2D eigenvalue weighted by atomic mass is 16.5. The topological polar surface area (TPSA) is 88.4 Å². The maximum Gasteiger partial charge on any atom is 0.312 e. The zero-order valence-corrected chi connectivity index (χ0v) is 14.0. The summed E-state index contributed by atoms with van der Waals surface area (Å²) in [5.41, 5.74) is 0.459. The predicted octanol–water partition coefficient (Wildman–Crippen LogP) is 1.23. The smallest absolute Gasteiger partial charge is 0.312 e. The standard InChI is InChI=1S/C16H20N4O4/c1-22-12-5-4-11(13(8-12)23-2)10-20-14(17-18-19-20)9-16(6-7-16)15(21)24-3/h4-5,8H,6-7,9-10H2,1-3H3. The maximum absolute atomic E-state index is 11.9. The monoisotopic (exact) mass is 332 g/mol. The number of rotatable bonds is 7. The van der Waals surface area contributed by atoms with E-state index in [1.54, 1.807) is 18.9 Å². The first-order valence-electron chi connectivity index (χ1n) is 7.66. The molecule has 8 heteroatoms. The van der Waals surface area contributed by atoms with E-state index in [0.717, 1.165) is 24.2 Å². The lowest BCUT2D eigenvalue weighted by molar-refractivity contribution is -0.147. The molecule has 0 atom stereocenters. The minimum atomic E-state index is -0.467. The molecule has 128 valence electrons. The third-order valence-electron chi connectivity index (χ3n) is 4.39. The molecule has 0 amide bonds. The predicted molar refractivity (Wildman–Crippen MR) is 83.9 cm³/mol. The van der Waals surface area contributed by atoms with Crippen LogP contribution in [0.5, 0.6) is 11.5 Å². The number of carbonyl (C=O) groups is 1. The van der Waals surface area contributed by atoms with Gasteiger partial charge in [0.2, 0.25) is 0 Å². The van der Waals surface area contributed by atoms with Crippen LogP contribution in [0.1, 0.15) is 24.2 Å². The Bertz CT molecular complexity index is 739. The molecule has 1 aliphatic rings. The van der Waals surface area contributed by atoms with E-state index in [4.69, 9.17) is 14.2 Å². The van der Waals surface area contributed by atoms with Gasteiger partial charge in [0.1, 0.15) is 11.5 Å². The van der Waals surface area contributed by atoms with Crippen LogP contribution in [0, 0.1) is 5.41 Å². The Kier molecular flexibility index (Phi) is 4.37. The fraction of sp³-hybridized carbons (Fsp3) is 0.500.